The highest BCUT2D eigenvalue weighted by molar-refractivity contribution is 7.89. The number of aromatic nitrogens is 1. The van der Waals surface area contributed by atoms with Gasteiger partial charge >= 0.3 is 0 Å². The standard InChI is InChI=1S/C14H16N2O2S/c1-11-6-8-13(9-7-11)19(17,18)16-12(2)14-5-3-4-10-15-14/h3-10,12,16H,1-2H3/t12-/m0/s1. The summed E-state index contributed by atoms with van der Waals surface area (Å²) < 4.78 is 27.0. The summed E-state index contributed by atoms with van der Waals surface area (Å²) >= 11 is 0. The van der Waals surface area contributed by atoms with Crippen LogP contribution in [-0.2, 0) is 10.0 Å². The molecule has 0 unspecified atom stereocenters. The molecule has 4 nitrogen and oxygen atoms in total. The molecule has 0 fully saturated rings. The molecule has 0 saturated heterocycles. The first-order chi connectivity index (χ1) is 8.99. The van der Waals surface area contributed by atoms with Crippen LogP contribution in [-0.4, -0.2) is 13.4 Å². The van der Waals surface area contributed by atoms with Gasteiger partial charge in [-0.25, -0.2) is 13.1 Å². The van der Waals surface area contributed by atoms with Gasteiger partial charge in [-0.05, 0) is 38.1 Å². The molecule has 0 spiro atoms. The SMILES string of the molecule is Cc1ccc(S(=O)(=O)N[C@@H](C)c2ccccn2)cc1. The predicted molar refractivity (Wildman–Crippen MR) is 74.2 cm³/mol. The minimum absolute atomic E-state index is 0.265. The molecule has 1 aromatic heterocycles. The smallest absolute Gasteiger partial charge is 0.241 e. The average molecular weight is 276 g/mol. The molecule has 100 valence electrons. The zero-order valence-electron chi connectivity index (χ0n) is 10.9. The first-order valence-electron chi connectivity index (χ1n) is 5.99. The van der Waals surface area contributed by atoms with Gasteiger partial charge < -0.3 is 0 Å². The fourth-order valence-electron chi connectivity index (χ4n) is 1.71. The number of sulfonamides is 1. The number of nitrogens with one attached hydrogen (secondary N) is 1. The molecule has 0 aliphatic heterocycles. The quantitative estimate of drug-likeness (QED) is 0.933. The summed E-state index contributed by atoms with van der Waals surface area (Å²) in [5.41, 5.74) is 1.72. The molecule has 1 aromatic carbocycles. The van der Waals surface area contributed by atoms with Crippen molar-refractivity contribution in [2.24, 2.45) is 0 Å². The zero-order valence-corrected chi connectivity index (χ0v) is 11.7. The number of rotatable bonds is 4. The maximum absolute atomic E-state index is 12.2. The summed E-state index contributed by atoms with van der Waals surface area (Å²) in [5.74, 6) is 0. The van der Waals surface area contributed by atoms with Gasteiger partial charge in [0.05, 0.1) is 16.6 Å². The summed E-state index contributed by atoms with van der Waals surface area (Å²) in [6.45, 7) is 3.69. The maximum atomic E-state index is 12.2. The molecule has 0 saturated carbocycles. The van der Waals surface area contributed by atoms with Crippen LogP contribution in [0.2, 0.25) is 0 Å². The maximum Gasteiger partial charge on any atom is 0.241 e. The van der Waals surface area contributed by atoms with Gasteiger partial charge in [-0.15, -0.1) is 0 Å². The zero-order chi connectivity index (χ0) is 13.9. The van der Waals surface area contributed by atoms with Gasteiger partial charge in [-0.1, -0.05) is 23.8 Å². The average Bonchev–Trinajstić information content (AvgIpc) is 2.40. The van der Waals surface area contributed by atoms with Crippen LogP contribution in [0.25, 0.3) is 0 Å². The van der Waals surface area contributed by atoms with E-state index < -0.39 is 10.0 Å². The van der Waals surface area contributed by atoms with Crippen molar-refractivity contribution < 1.29 is 8.42 Å². The highest BCUT2D eigenvalue weighted by Crippen LogP contribution is 2.15. The van der Waals surface area contributed by atoms with Crippen LogP contribution in [0.4, 0.5) is 0 Å². The molecule has 0 radical (unpaired) electrons. The Morgan fingerprint density at radius 3 is 2.37 bits per heavy atom. The fourth-order valence-corrected chi connectivity index (χ4v) is 2.93. The summed E-state index contributed by atoms with van der Waals surface area (Å²) in [4.78, 5) is 4.41. The van der Waals surface area contributed by atoms with Gasteiger partial charge in [0.1, 0.15) is 0 Å². The highest BCUT2D eigenvalue weighted by Gasteiger charge is 2.18. The Bertz CT molecular complexity index is 637. The van der Waals surface area contributed by atoms with Crippen LogP contribution in [0, 0.1) is 6.92 Å². The van der Waals surface area contributed by atoms with Crippen molar-refractivity contribution in [3.8, 4) is 0 Å². The van der Waals surface area contributed by atoms with E-state index in [0.717, 1.165) is 5.56 Å². The lowest BCUT2D eigenvalue weighted by atomic mass is 10.2. The van der Waals surface area contributed by atoms with E-state index in [1.54, 1.807) is 49.5 Å². The third-order valence-electron chi connectivity index (χ3n) is 2.79. The minimum atomic E-state index is -3.51. The summed E-state index contributed by atoms with van der Waals surface area (Å²) in [6.07, 6.45) is 1.64. The number of hydrogen-bond donors (Lipinski definition) is 1. The number of benzene rings is 1. The van der Waals surface area contributed by atoms with E-state index in [4.69, 9.17) is 0 Å². The van der Waals surface area contributed by atoms with E-state index in [9.17, 15) is 8.42 Å². The van der Waals surface area contributed by atoms with Gasteiger partial charge in [0.25, 0.3) is 0 Å². The van der Waals surface area contributed by atoms with Crippen LogP contribution < -0.4 is 4.72 Å². The van der Waals surface area contributed by atoms with E-state index in [-0.39, 0.29) is 10.9 Å². The lowest BCUT2D eigenvalue weighted by Gasteiger charge is -2.13. The van der Waals surface area contributed by atoms with Gasteiger partial charge in [-0.2, -0.15) is 0 Å². The van der Waals surface area contributed by atoms with Crippen molar-refractivity contribution in [3.63, 3.8) is 0 Å². The second-order valence-corrected chi connectivity index (χ2v) is 6.12. The Balaban J connectivity index is 2.20. The Morgan fingerprint density at radius 1 is 1.11 bits per heavy atom. The number of nitrogens with zero attached hydrogens (tertiary/aromatic N) is 1. The first kappa shape index (κ1) is 13.7. The third kappa shape index (κ3) is 3.39. The number of pyridine rings is 1. The molecule has 2 rings (SSSR count). The predicted octanol–water partition coefficient (Wildman–Crippen LogP) is 2.43. The molecule has 0 amide bonds. The van der Waals surface area contributed by atoms with E-state index in [0.29, 0.717) is 5.69 Å². The molecule has 0 aliphatic carbocycles. The molecule has 5 heteroatoms. The second kappa shape index (κ2) is 5.50. The lowest BCUT2D eigenvalue weighted by molar-refractivity contribution is 0.564. The van der Waals surface area contributed by atoms with Crippen LogP contribution in [0.5, 0.6) is 0 Å². The molecular formula is C14H16N2O2S. The molecule has 2 aromatic rings. The fraction of sp³-hybridized carbons (Fsp3) is 0.214. The minimum Gasteiger partial charge on any atom is -0.260 e. The Labute approximate surface area is 113 Å². The van der Waals surface area contributed by atoms with Gasteiger partial charge in [-0.3, -0.25) is 4.98 Å². The van der Waals surface area contributed by atoms with Crippen molar-refractivity contribution in [2.75, 3.05) is 0 Å². The largest absolute Gasteiger partial charge is 0.260 e. The monoisotopic (exact) mass is 276 g/mol. The topological polar surface area (TPSA) is 59.1 Å². The molecule has 0 bridgehead atoms. The lowest BCUT2D eigenvalue weighted by Crippen LogP contribution is -2.27. The Kier molecular flexibility index (Phi) is 3.97. The summed E-state index contributed by atoms with van der Waals surface area (Å²) in [6, 6.07) is 11.8. The molecule has 1 N–H and O–H groups in total. The van der Waals surface area contributed by atoms with Crippen molar-refractivity contribution in [1.29, 1.82) is 0 Å². The van der Waals surface area contributed by atoms with E-state index >= 15 is 0 Å². The first-order valence-corrected chi connectivity index (χ1v) is 7.47. The van der Waals surface area contributed by atoms with Crippen LogP contribution in [0.15, 0.2) is 53.6 Å². The summed E-state index contributed by atoms with van der Waals surface area (Å²) in [7, 11) is -3.51. The van der Waals surface area contributed by atoms with Crippen molar-refractivity contribution in [3.05, 3.63) is 59.9 Å². The van der Waals surface area contributed by atoms with E-state index in [1.165, 1.54) is 0 Å². The molecule has 19 heavy (non-hydrogen) atoms. The van der Waals surface area contributed by atoms with Crippen molar-refractivity contribution in [1.82, 2.24) is 9.71 Å². The van der Waals surface area contributed by atoms with E-state index in [2.05, 4.69) is 9.71 Å². The Hall–Kier alpha value is -1.72. The van der Waals surface area contributed by atoms with Crippen LogP contribution in [0.3, 0.4) is 0 Å². The second-order valence-electron chi connectivity index (χ2n) is 4.41. The normalized spacial score (nSPS) is 13.2. The van der Waals surface area contributed by atoms with Gasteiger partial charge in [0.15, 0.2) is 0 Å². The summed E-state index contributed by atoms with van der Waals surface area (Å²) in [5, 5.41) is 0. The number of hydrogen-bond acceptors (Lipinski definition) is 3. The molecule has 0 aliphatic rings. The molecule has 1 atom stereocenters. The van der Waals surface area contributed by atoms with Gasteiger partial charge in [0, 0.05) is 6.20 Å². The van der Waals surface area contributed by atoms with Crippen LogP contribution in [0.1, 0.15) is 24.2 Å². The van der Waals surface area contributed by atoms with Gasteiger partial charge in [0.2, 0.25) is 10.0 Å². The van der Waals surface area contributed by atoms with Crippen molar-refractivity contribution in [2.45, 2.75) is 24.8 Å². The molecule has 1 heterocycles. The highest BCUT2D eigenvalue weighted by atomic mass is 32.2. The van der Waals surface area contributed by atoms with E-state index in [1.807, 2.05) is 13.0 Å². The molecular weight excluding hydrogens is 260 g/mol. The van der Waals surface area contributed by atoms with Crippen LogP contribution >= 0.6 is 0 Å². The Morgan fingerprint density at radius 2 is 1.79 bits per heavy atom. The number of aryl methyl sites for hydroxylation is 1. The van der Waals surface area contributed by atoms with Crippen molar-refractivity contribution >= 4 is 10.0 Å². The third-order valence-corrected chi connectivity index (χ3v) is 4.35.